The molecule has 0 bridgehead atoms. The van der Waals surface area contributed by atoms with Crippen molar-refractivity contribution in [3.05, 3.63) is 47.8 Å². The normalized spacial score (nSPS) is 16.7. The summed E-state index contributed by atoms with van der Waals surface area (Å²) in [6, 6.07) is 8.85. The Morgan fingerprint density at radius 3 is 2.92 bits per heavy atom. The average Bonchev–Trinajstić information content (AvgIpc) is 2.68. The molecule has 0 unspecified atom stereocenters. The Labute approximate surface area is 152 Å². The molecule has 0 spiro atoms. The van der Waals surface area contributed by atoms with Crippen LogP contribution in [-0.2, 0) is 0 Å². The lowest BCUT2D eigenvalue weighted by Crippen LogP contribution is -2.44. The molecule has 1 amide bonds. The quantitative estimate of drug-likeness (QED) is 0.839. The van der Waals surface area contributed by atoms with Gasteiger partial charge < -0.3 is 14.5 Å². The van der Waals surface area contributed by atoms with Gasteiger partial charge in [-0.3, -0.25) is 4.79 Å². The van der Waals surface area contributed by atoms with E-state index in [1.54, 1.807) is 41.6 Å². The number of anilines is 1. The van der Waals surface area contributed by atoms with Gasteiger partial charge in [-0.2, -0.15) is 5.26 Å². The molecule has 7 heteroatoms. The first-order chi connectivity index (χ1) is 12.6. The molecule has 0 aliphatic carbocycles. The highest BCUT2D eigenvalue weighted by Crippen LogP contribution is 2.24. The molecule has 1 aromatic carbocycles. The lowest BCUT2D eigenvalue weighted by molar-refractivity contribution is 0.0528. The van der Waals surface area contributed by atoms with Crippen molar-refractivity contribution >= 4 is 11.7 Å². The third kappa shape index (κ3) is 3.91. The van der Waals surface area contributed by atoms with E-state index in [4.69, 9.17) is 10.00 Å². The van der Waals surface area contributed by atoms with E-state index in [1.807, 2.05) is 19.0 Å². The monoisotopic (exact) mass is 351 g/mol. The molecule has 2 aromatic rings. The lowest BCUT2D eigenvalue weighted by atomic mass is 10.1. The molecule has 1 saturated heterocycles. The van der Waals surface area contributed by atoms with Gasteiger partial charge in [0.2, 0.25) is 0 Å². The van der Waals surface area contributed by atoms with E-state index in [9.17, 15) is 4.79 Å². The minimum absolute atomic E-state index is 0.0811. The van der Waals surface area contributed by atoms with E-state index in [0.29, 0.717) is 35.9 Å². The number of nitrogens with zero attached hydrogens (tertiary/aromatic N) is 5. The molecular weight excluding hydrogens is 330 g/mol. The Hall–Kier alpha value is -3.14. The van der Waals surface area contributed by atoms with E-state index in [-0.39, 0.29) is 12.0 Å². The number of hydrogen-bond acceptors (Lipinski definition) is 6. The summed E-state index contributed by atoms with van der Waals surface area (Å²) in [5.74, 6) is 1.06. The molecule has 3 rings (SSSR count). The van der Waals surface area contributed by atoms with Crippen molar-refractivity contribution < 1.29 is 9.53 Å². The Kier molecular flexibility index (Phi) is 5.32. The van der Waals surface area contributed by atoms with E-state index >= 15 is 0 Å². The maximum Gasteiger partial charge on any atom is 0.257 e. The van der Waals surface area contributed by atoms with Crippen molar-refractivity contribution in [2.75, 3.05) is 32.1 Å². The first-order valence-electron chi connectivity index (χ1n) is 8.53. The maximum atomic E-state index is 12.8. The van der Waals surface area contributed by atoms with Gasteiger partial charge in [-0.05, 0) is 31.0 Å². The fraction of sp³-hybridized carbons (Fsp3) is 0.368. The smallest absolute Gasteiger partial charge is 0.257 e. The van der Waals surface area contributed by atoms with Crippen LogP contribution in [0.3, 0.4) is 0 Å². The van der Waals surface area contributed by atoms with E-state index in [2.05, 4.69) is 16.0 Å². The van der Waals surface area contributed by atoms with Crippen LogP contribution in [0.4, 0.5) is 5.82 Å². The van der Waals surface area contributed by atoms with Gasteiger partial charge in [0, 0.05) is 38.6 Å². The number of aromatic nitrogens is 2. The van der Waals surface area contributed by atoms with Crippen molar-refractivity contribution in [2.45, 2.75) is 18.9 Å². The molecule has 1 atom stereocenters. The van der Waals surface area contributed by atoms with E-state index < -0.39 is 0 Å². The predicted octanol–water partition coefficient (Wildman–Crippen LogP) is 2.10. The number of carbonyl (C=O) groups excluding carboxylic acids is 1. The summed E-state index contributed by atoms with van der Waals surface area (Å²) in [5, 5.41) is 9.02. The van der Waals surface area contributed by atoms with Gasteiger partial charge in [0.15, 0.2) is 5.82 Å². The third-order valence-electron chi connectivity index (χ3n) is 4.25. The van der Waals surface area contributed by atoms with E-state index in [1.165, 1.54) is 0 Å². The predicted molar refractivity (Wildman–Crippen MR) is 97.1 cm³/mol. The lowest BCUT2D eigenvalue weighted by Gasteiger charge is -2.33. The molecular formula is C19H21N5O2. The van der Waals surface area contributed by atoms with Gasteiger partial charge in [0.25, 0.3) is 11.8 Å². The number of piperidine rings is 1. The second kappa shape index (κ2) is 7.83. The molecule has 1 aromatic heterocycles. The zero-order chi connectivity index (χ0) is 18.5. The molecule has 134 valence electrons. The van der Waals surface area contributed by atoms with Crippen molar-refractivity contribution in [3.63, 3.8) is 0 Å². The summed E-state index contributed by atoms with van der Waals surface area (Å²) in [6.45, 7) is 1.16. The van der Waals surface area contributed by atoms with Crippen LogP contribution in [0.25, 0.3) is 0 Å². The van der Waals surface area contributed by atoms with Gasteiger partial charge in [0.1, 0.15) is 6.10 Å². The fourth-order valence-electron chi connectivity index (χ4n) is 2.99. The van der Waals surface area contributed by atoms with Gasteiger partial charge >= 0.3 is 0 Å². The number of rotatable bonds is 4. The second-order valence-corrected chi connectivity index (χ2v) is 6.41. The van der Waals surface area contributed by atoms with Crippen molar-refractivity contribution in [2.24, 2.45) is 0 Å². The summed E-state index contributed by atoms with van der Waals surface area (Å²) >= 11 is 0. The number of likely N-dealkylation sites (tertiary alicyclic amines) is 1. The number of hydrogen-bond donors (Lipinski definition) is 0. The van der Waals surface area contributed by atoms with Gasteiger partial charge in [0.05, 0.1) is 18.2 Å². The summed E-state index contributed by atoms with van der Waals surface area (Å²) in [4.78, 5) is 25.0. The number of carbonyl (C=O) groups is 1. The van der Waals surface area contributed by atoms with Crippen LogP contribution in [0.15, 0.2) is 36.7 Å². The first kappa shape index (κ1) is 17.7. The molecule has 0 radical (unpaired) electrons. The van der Waals surface area contributed by atoms with Gasteiger partial charge in [-0.15, -0.1) is 0 Å². The van der Waals surface area contributed by atoms with Crippen LogP contribution in [0, 0.1) is 11.3 Å². The van der Waals surface area contributed by atoms with Crippen LogP contribution < -0.4 is 9.64 Å². The molecule has 2 heterocycles. The topological polar surface area (TPSA) is 82.3 Å². The first-order valence-corrected chi connectivity index (χ1v) is 8.53. The molecule has 1 fully saturated rings. The SMILES string of the molecule is CN(C)c1nccnc1O[C@H]1CCCN(C(=O)c2cccc(C#N)c2)C1. The molecule has 26 heavy (non-hydrogen) atoms. The highest BCUT2D eigenvalue weighted by molar-refractivity contribution is 5.94. The Morgan fingerprint density at radius 2 is 2.15 bits per heavy atom. The minimum atomic E-state index is -0.137. The van der Waals surface area contributed by atoms with Crippen LogP contribution >= 0.6 is 0 Å². The van der Waals surface area contributed by atoms with Crippen LogP contribution in [-0.4, -0.2) is 54.1 Å². The summed E-state index contributed by atoms with van der Waals surface area (Å²) < 4.78 is 6.05. The van der Waals surface area contributed by atoms with Gasteiger partial charge in [-0.25, -0.2) is 9.97 Å². The van der Waals surface area contributed by atoms with E-state index in [0.717, 1.165) is 12.8 Å². The van der Waals surface area contributed by atoms with Crippen LogP contribution in [0.1, 0.15) is 28.8 Å². The summed E-state index contributed by atoms with van der Waals surface area (Å²) in [7, 11) is 3.77. The maximum absolute atomic E-state index is 12.8. The average molecular weight is 351 g/mol. The molecule has 0 saturated carbocycles. The zero-order valence-electron chi connectivity index (χ0n) is 14.9. The Bertz CT molecular complexity index is 831. The fourth-order valence-corrected chi connectivity index (χ4v) is 2.99. The standard InChI is InChI=1S/C19H21N5O2/c1-23(2)17-18(22-9-8-21-17)26-16-7-4-10-24(13-16)19(25)15-6-3-5-14(11-15)12-20/h3,5-6,8-9,11,16H,4,7,10,13H2,1-2H3/t16-/m0/s1. The molecule has 7 nitrogen and oxygen atoms in total. The van der Waals surface area contributed by atoms with Crippen LogP contribution in [0.2, 0.25) is 0 Å². The molecule has 1 aliphatic rings. The minimum Gasteiger partial charge on any atom is -0.470 e. The third-order valence-corrected chi connectivity index (χ3v) is 4.25. The Morgan fingerprint density at radius 1 is 1.35 bits per heavy atom. The zero-order valence-corrected chi connectivity index (χ0v) is 14.9. The Balaban J connectivity index is 1.71. The highest BCUT2D eigenvalue weighted by Gasteiger charge is 2.27. The second-order valence-electron chi connectivity index (χ2n) is 6.41. The molecule has 1 aliphatic heterocycles. The van der Waals surface area contributed by atoms with Crippen molar-refractivity contribution in [3.8, 4) is 11.9 Å². The van der Waals surface area contributed by atoms with Crippen molar-refractivity contribution in [1.29, 1.82) is 5.26 Å². The largest absolute Gasteiger partial charge is 0.470 e. The number of ether oxygens (including phenoxy) is 1. The highest BCUT2D eigenvalue weighted by atomic mass is 16.5. The number of nitriles is 1. The number of amides is 1. The van der Waals surface area contributed by atoms with Crippen molar-refractivity contribution in [1.82, 2.24) is 14.9 Å². The summed E-state index contributed by atoms with van der Waals surface area (Å²) in [5.41, 5.74) is 1.01. The molecule has 0 N–H and O–H groups in total. The van der Waals surface area contributed by atoms with Gasteiger partial charge in [-0.1, -0.05) is 6.07 Å². The van der Waals surface area contributed by atoms with Crippen LogP contribution in [0.5, 0.6) is 5.88 Å². The number of benzene rings is 1. The summed E-state index contributed by atoms with van der Waals surface area (Å²) in [6.07, 6.45) is 4.79.